The number of carbonyl (C=O) groups is 2. The molecule has 6 heteroatoms. The number of nitrogens with zero attached hydrogens (tertiary/aromatic N) is 1. The SMILES string of the molecule is CN(C)C(=O)C1(CNC(=O)NC2C3CCC(C3)C2CO)CCCC1. The molecule has 2 bridgehead atoms. The lowest BCUT2D eigenvalue weighted by atomic mass is 9.84. The first-order chi connectivity index (χ1) is 11.5. The molecule has 4 unspecified atom stereocenters. The average molecular weight is 337 g/mol. The minimum absolute atomic E-state index is 0.0813. The molecule has 0 radical (unpaired) electrons. The minimum Gasteiger partial charge on any atom is -0.396 e. The molecule has 3 rings (SSSR count). The van der Waals surface area contributed by atoms with Crippen molar-refractivity contribution in [2.45, 2.75) is 51.0 Å². The zero-order chi connectivity index (χ0) is 17.3. The Hall–Kier alpha value is -1.30. The summed E-state index contributed by atoms with van der Waals surface area (Å²) in [6, 6.07) is -0.110. The Morgan fingerprint density at radius 3 is 2.46 bits per heavy atom. The van der Waals surface area contributed by atoms with Crippen molar-refractivity contribution >= 4 is 11.9 Å². The molecule has 0 aromatic rings. The van der Waals surface area contributed by atoms with Crippen molar-refractivity contribution in [1.29, 1.82) is 0 Å². The van der Waals surface area contributed by atoms with Gasteiger partial charge in [0.05, 0.1) is 5.41 Å². The van der Waals surface area contributed by atoms with Crippen LogP contribution in [-0.4, -0.2) is 55.2 Å². The zero-order valence-corrected chi connectivity index (χ0v) is 14.9. The fraction of sp³-hybridized carbons (Fsp3) is 0.889. The molecule has 4 atom stereocenters. The van der Waals surface area contributed by atoms with Crippen molar-refractivity contribution in [3.8, 4) is 0 Å². The fourth-order valence-corrected chi connectivity index (χ4v) is 5.34. The molecule has 3 aliphatic carbocycles. The first-order valence-corrected chi connectivity index (χ1v) is 9.34. The number of carbonyl (C=O) groups excluding carboxylic acids is 2. The number of hydrogen-bond donors (Lipinski definition) is 3. The molecule has 0 aliphatic heterocycles. The van der Waals surface area contributed by atoms with E-state index in [0.717, 1.165) is 38.5 Å². The third-order valence-corrected chi connectivity index (χ3v) is 6.60. The van der Waals surface area contributed by atoms with E-state index in [9.17, 15) is 14.7 Å². The van der Waals surface area contributed by atoms with Crippen LogP contribution in [0, 0.1) is 23.2 Å². The van der Waals surface area contributed by atoms with Gasteiger partial charge in [0.1, 0.15) is 0 Å². The van der Waals surface area contributed by atoms with Crippen LogP contribution in [0.25, 0.3) is 0 Å². The Labute approximate surface area is 144 Å². The molecule has 3 N–H and O–H groups in total. The molecular formula is C18H31N3O3. The monoisotopic (exact) mass is 337 g/mol. The Morgan fingerprint density at radius 2 is 1.83 bits per heavy atom. The molecule has 24 heavy (non-hydrogen) atoms. The van der Waals surface area contributed by atoms with E-state index in [1.807, 2.05) is 0 Å². The van der Waals surface area contributed by atoms with Gasteiger partial charge in [-0.05, 0) is 43.9 Å². The maximum Gasteiger partial charge on any atom is 0.315 e. The highest BCUT2D eigenvalue weighted by atomic mass is 16.3. The quantitative estimate of drug-likeness (QED) is 0.708. The Morgan fingerprint density at radius 1 is 1.17 bits per heavy atom. The van der Waals surface area contributed by atoms with Gasteiger partial charge in [0.15, 0.2) is 0 Å². The molecule has 3 saturated carbocycles. The summed E-state index contributed by atoms with van der Waals surface area (Å²) in [5.41, 5.74) is -0.439. The molecule has 0 aromatic heterocycles. The highest BCUT2D eigenvalue weighted by Crippen LogP contribution is 2.48. The molecule has 3 fully saturated rings. The second-order valence-electron chi connectivity index (χ2n) is 8.22. The summed E-state index contributed by atoms with van der Waals surface area (Å²) in [7, 11) is 3.56. The van der Waals surface area contributed by atoms with Gasteiger partial charge in [-0.1, -0.05) is 12.8 Å². The smallest absolute Gasteiger partial charge is 0.315 e. The molecule has 136 valence electrons. The molecule has 3 aliphatic rings. The van der Waals surface area contributed by atoms with Crippen molar-refractivity contribution in [3.05, 3.63) is 0 Å². The molecule has 0 aromatic carbocycles. The number of fused-ring (bicyclic) bond motifs is 2. The number of urea groups is 1. The van der Waals surface area contributed by atoms with E-state index in [-0.39, 0.29) is 30.5 Å². The van der Waals surface area contributed by atoms with Gasteiger partial charge in [-0.3, -0.25) is 4.79 Å². The van der Waals surface area contributed by atoms with E-state index in [0.29, 0.717) is 18.4 Å². The van der Waals surface area contributed by atoms with Crippen molar-refractivity contribution in [1.82, 2.24) is 15.5 Å². The molecule has 0 heterocycles. The summed E-state index contributed by atoms with van der Waals surface area (Å²) < 4.78 is 0. The van der Waals surface area contributed by atoms with E-state index in [1.54, 1.807) is 19.0 Å². The van der Waals surface area contributed by atoms with Crippen LogP contribution in [0.1, 0.15) is 44.9 Å². The molecule has 0 spiro atoms. The van der Waals surface area contributed by atoms with E-state index >= 15 is 0 Å². The van der Waals surface area contributed by atoms with Gasteiger partial charge in [0.25, 0.3) is 0 Å². The van der Waals surface area contributed by atoms with Crippen LogP contribution in [0.2, 0.25) is 0 Å². The van der Waals surface area contributed by atoms with E-state index in [2.05, 4.69) is 10.6 Å². The third kappa shape index (κ3) is 3.13. The predicted octanol–water partition coefficient (Wildman–Crippen LogP) is 1.34. The highest BCUT2D eigenvalue weighted by molar-refractivity contribution is 5.84. The lowest BCUT2D eigenvalue weighted by Gasteiger charge is -2.33. The maximum absolute atomic E-state index is 12.5. The summed E-state index contributed by atoms with van der Waals surface area (Å²) in [6.07, 6.45) is 7.23. The Kier molecular flexibility index (Phi) is 5.04. The number of nitrogens with one attached hydrogen (secondary N) is 2. The normalized spacial score (nSPS) is 33.5. The lowest BCUT2D eigenvalue weighted by Crippen LogP contribution is -2.52. The van der Waals surface area contributed by atoms with Gasteiger partial charge in [0.2, 0.25) is 5.91 Å². The van der Waals surface area contributed by atoms with Gasteiger partial charge in [-0.15, -0.1) is 0 Å². The van der Waals surface area contributed by atoms with Crippen LogP contribution in [0.15, 0.2) is 0 Å². The van der Waals surface area contributed by atoms with Crippen LogP contribution >= 0.6 is 0 Å². The van der Waals surface area contributed by atoms with E-state index < -0.39 is 5.41 Å². The lowest BCUT2D eigenvalue weighted by molar-refractivity contribution is -0.138. The standard InChI is InChI=1S/C18H31N3O3/c1-21(2)16(23)18(7-3-4-8-18)11-19-17(24)20-15-13-6-5-12(9-13)14(15)10-22/h12-15,22H,3-11H2,1-2H3,(H2,19,20,24). The van der Waals surface area contributed by atoms with Gasteiger partial charge >= 0.3 is 6.03 Å². The van der Waals surface area contributed by atoms with Crippen molar-refractivity contribution < 1.29 is 14.7 Å². The van der Waals surface area contributed by atoms with Gasteiger partial charge in [-0.25, -0.2) is 4.79 Å². The predicted molar refractivity (Wildman–Crippen MR) is 91.3 cm³/mol. The van der Waals surface area contributed by atoms with Gasteiger partial charge < -0.3 is 20.6 Å². The maximum atomic E-state index is 12.5. The topological polar surface area (TPSA) is 81.7 Å². The fourth-order valence-electron chi connectivity index (χ4n) is 5.34. The van der Waals surface area contributed by atoms with E-state index in [4.69, 9.17) is 0 Å². The van der Waals surface area contributed by atoms with Crippen LogP contribution in [-0.2, 0) is 4.79 Å². The summed E-state index contributed by atoms with van der Waals surface area (Å²) in [5.74, 6) is 1.37. The van der Waals surface area contributed by atoms with Gasteiger partial charge in [-0.2, -0.15) is 0 Å². The molecule has 3 amide bonds. The van der Waals surface area contributed by atoms with Gasteiger partial charge in [0, 0.05) is 39.2 Å². The van der Waals surface area contributed by atoms with Crippen molar-refractivity contribution in [2.75, 3.05) is 27.2 Å². The second-order valence-corrected chi connectivity index (χ2v) is 8.22. The van der Waals surface area contributed by atoms with E-state index in [1.165, 1.54) is 6.42 Å². The molecule has 0 saturated heterocycles. The summed E-state index contributed by atoms with van der Waals surface area (Å²) >= 11 is 0. The first-order valence-electron chi connectivity index (χ1n) is 9.34. The van der Waals surface area contributed by atoms with Crippen LogP contribution in [0.5, 0.6) is 0 Å². The van der Waals surface area contributed by atoms with Crippen molar-refractivity contribution in [2.24, 2.45) is 23.2 Å². The minimum atomic E-state index is -0.439. The van der Waals surface area contributed by atoms with Crippen LogP contribution < -0.4 is 10.6 Å². The average Bonchev–Trinajstić information content (AvgIpc) is 3.28. The number of amides is 3. The Bertz CT molecular complexity index is 488. The summed E-state index contributed by atoms with van der Waals surface area (Å²) in [6.45, 7) is 0.551. The zero-order valence-electron chi connectivity index (χ0n) is 14.9. The van der Waals surface area contributed by atoms with Crippen molar-refractivity contribution in [3.63, 3.8) is 0 Å². The third-order valence-electron chi connectivity index (χ3n) is 6.60. The molecule has 6 nitrogen and oxygen atoms in total. The number of aliphatic hydroxyl groups excluding tert-OH is 1. The summed E-state index contributed by atoms with van der Waals surface area (Å²) in [5, 5.41) is 15.7. The number of rotatable bonds is 5. The number of aliphatic hydroxyl groups is 1. The largest absolute Gasteiger partial charge is 0.396 e. The Balaban J connectivity index is 1.56. The first kappa shape index (κ1) is 17.5. The van der Waals surface area contributed by atoms with Crippen LogP contribution in [0.3, 0.4) is 0 Å². The van der Waals surface area contributed by atoms with Crippen LogP contribution in [0.4, 0.5) is 4.79 Å². The molecular weight excluding hydrogens is 306 g/mol. The number of hydrogen-bond acceptors (Lipinski definition) is 3. The highest BCUT2D eigenvalue weighted by Gasteiger charge is 2.48. The summed E-state index contributed by atoms with van der Waals surface area (Å²) in [4.78, 5) is 26.6. The second kappa shape index (κ2) is 6.90.